The number of sulfone groups is 1. The number of halogens is 1. The second-order valence-corrected chi connectivity index (χ2v) is 17.0. The molecule has 0 fully saturated rings. The smallest absolute Gasteiger partial charge is 0.358 e. The Bertz CT molecular complexity index is 1080. The SMILES string of the molecule is CC(C)[Si](Oc1c(C(=O)O)nc(NCS(C)(=O)=O)c2c(CBr)ccnc12)(C(C)C)C(C)C. The average Bonchev–Trinajstić information content (AvgIpc) is 2.68. The molecule has 11 heteroatoms. The van der Waals surface area contributed by atoms with Crippen molar-refractivity contribution in [2.24, 2.45) is 0 Å². The number of rotatable bonds is 10. The number of nitrogens with one attached hydrogen (secondary N) is 1. The summed E-state index contributed by atoms with van der Waals surface area (Å²) < 4.78 is 30.2. The molecule has 2 N–H and O–H groups in total. The number of alkyl halides is 1. The number of nitrogens with zero attached hydrogens (tertiary/aromatic N) is 2. The molecule has 0 saturated heterocycles. The fraction of sp³-hybridized carbons (Fsp3) is 0.571. The lowest BCUT2D eigenvalue weighted by Crippen LogP contribution is -2.51. The second kappa shape index (κ2) is 10.0. The first kappa shape index (κ1) is 26.5. The first-order valence-corrected chi connectivity index (χ1v) is 15.8. The maximum Gasteiger partial charge on any atom is 0.358 e. The Morgan fingerprint density at radius 3 is 2.19 bits per heavy atom. The number of carboxylic acid groups (broad SMARTS) is 1. The summed E-state index contributed by atoms with van der Waals surface area (Å²) in [6.45, 7) is 12.7. The van der Waals surface area contributed by atoms with Gasteiger partial charge in [-0.15, -0.1) is 0 Å². The molecule has 0 bridgehead atoms. The molecular formula is C21H32BrN3O5SSi. The van der Waals surface area contributed by atoms with Crippen molar-refractivity contribution in [3.05, 3.63) is 23.5 Å². The highest BCUT2D eigenvalue weighted by Crippen LogP contribution is 2.45. The van der Waals surface area contributed by atoms with Gasteiger partial charge in [-0.3, -0.25) is 4.98 Å². The number of anilines is 1. The lowest BCUT2D eigenvalue weighted by molar-refractivity contribution is 0.0688. The molecule has 2 aromatic rings. The van der Waals surface area contributed by atoms with Crippen molar-refractivity contribution in [3.63, 3.8) is 0 Å². The first-order valence-electron chi connectivity index (χ1n) is 10.5. The number of aromatic nitrogens is 2. The van der Waals surface area contributed by atoms with Crippen molar-refractivity contribution in [1.82, 2.24) is 9.97 Å². The van der Waals surface area contributed by atoms with Gasteiger partial charge in [0.2, 0.25) is 0 Å². The van der Waals surface area contributed by atoms with Gasteiger partial charge in [-0.25, -0.2) is 18.2 Å². The lowest BCUT2D eigenvalue weighted by Gasteiger charge is -2.42. The minimum Gasteiger partial charge on any atom is -0.540 e. The average molecular weight is 547 g/mol. The van der Waals surface area contributed by atoms with Crippen LogP contribution in [0.15, 0.2) is 12.3 Å². The summed E-state index contributed by atoms with van der Waals surface area (Å²) in [7, 11) is -5.90. The van der Waals surface area contributed by atoms with Gasteiger partial charge in [-0.1, -0.05) is 57.5 Å². The highest BCUT2D eigenvalue weighted by Gasteiger charge is 2.48. The zero-order chi connectivity index (χ0) is 24.4. The Hall–Kier alpha value is -1.72. The number of carboxylic acids is 1. The molecule has 0 aliphatic rings. The molecule has 8 nitrogen and oxygen atoms in total. The fourth-order valence-corrected chi connectivity index (χ4v) is 10.6. The largest absolute Gasteiger partial charge is 0.540 e. The van der Waals surface area contributed by atoms with Crippen molar-refractivity contribution < 1.29 is 22.7 Å². The maximum atomic E-state index is 12.3. The number of carbonyl (C=O) groups is 1. The van der Waals surface area contributed by atoms with Gasteiger partial charge in [0.25, 0.3) is 8.32 Å². The van der Waals surface area contributed by atoms with Gasteiger partial charge in [-0.05, 0) is 28.3 Å². The van der Waals surface area contributed by atoms with Crippen LogP contribution in [0.3, 0.4) is 0 Å². The molecule has 0 atom stereocenters. The standard InChI is InChI=1S/C21H32BrN3O5SSi/c1-12(2)32(13(3)4,14(5)6)30-19-17-16(15(10-22)8-9-23-17)20(24-11-31(7,28)29)25-18(19)21(26)27/h8-9,12-14H,10-11H2,1-7H3,(H,24,25)(H,26,27). The van der Waals surface area contributed by atoms with E-state index in [1.54, 1.807) is 12.3 Å². The monoisotopic (exact) mass is 545 g/mol. The Morgan fingerprint density at radius 1 is 1.19 bits per heavy atom. The molecule has 0 radical (unpaired) electrons. The molecule has 32 heavy (non-hydrogen) atoms. The van der Waals surface area contributed by atoms with Crippen LogP contribution in [-0.2, 0) is 15.2 Å². The normalized spacial score (nSPS) is 12.7. The van der Waals surface area contributed by atoms with Crippen LogP contribution >= 0.6 is 15.9 Å². The van der Waals surface area contributed by atoms with E-state index < -0.39 is 24.1 Å². The van der Waals surface area contributed by atoms with Crippen LogP contribution in [0.4, 0.5) is 5.82 Å². The van der Waals surface area contributed by atoms with Gasteiger partial charge in [0.15, 0.2) is 21.3 Å². The molecule has 0 aliphatic carbocycles. The highest BCUT2D eigenvalue weighted by atomic mass is 79.9. The van der Waals surface area contributed by atoms with E-state index in [0.29, 0.717) is 16.2 Å². The first-order chi connectivity index (χ1) is 14.8. The van der Waals surface area contributed by atoms with Crippen LogP contribution in [0.2, 0.25) is 16.6 Å². The van der Waals surface area contributed by atoms with Crippen LogP contribution in [0, 0.1) is 0 Å². The predicted octanol–water partition coefficient (Wildman–Crippen LogP) is 5.19. The summed E-state index contributed by atoms with van der Waals surface area (Å²) in [6, 6.07) is 1.78. The maximum absolute atomic E-state index is 12.3. The minimum absolute atomic E-state index is 0.156. The summed E-state index contributed by atoms with van der Waals surface area (Å²) in [6.07, 6.45) is 2.69. The molecule has 0 aromatic carbocycles. The number of hydrogen-bond acceptors (Lipinski definition) is 7. The van der Waals surface area contributed by atoms with E-state index in [1.165, 1.54) is 0 Å². The molecule has 0 amide bonds. The summed E-state index contributed by atoms with van der Waals surface area (Å²) in [5, 5.41) is 13.8. The number of aromatic carboxylic acids is 1. The van der Waals surface area contributed by atoms with E-state index in [0.717, 1.165) is 11.8 Å². The summed E-state index contributed by atoms with van der Waals surface area (Å²) in [4.78, 5) is 21.1. The molecule has 0 saturated carbocycles. The third-order valence-electron chi connectivity index (χ3n) is 5.76. The van der Waals surface area contributed by atoms with Crippen molar-refractivity contribution in [2.45, 2.75) is 63.5 Å². The summed E-state index contributed by atoms with van der Waals surface area (Å²) in [5.74, 6) is -1.32. The molecule has 0 aliphatic heterocycles. The lowest BCUT2D eigenvalue weighted by atomic mass is 10.1. The van der Waals surface area contributed by atoms with E-state index in [1.807, 2.05) is 0 Å². The zero-order valence-electron chi connectivity index (χ0n) is 19.6. The fourth-order valence-electron chi connectivity index (χ4n) is 4.48. The van der Waals surface area contributed by atoms with E-state index in [4.69, 9.17) is 4.43 Å². The van der Waals surface area contributed by atoms with Gasteiger partial charge in [0.1, 0.15) is 17.2 Å². The Labute approximate surface area is 199 Å². The van der Waals surface area contributed by atoms with Gasteiger partial charge < -0.3 is 14.8 Å². The quantitative estimate of drug-likeness (QED) is 0.309. The molecule has 2 heterocycles. The zero-order valence-corrected chi connectivity index (χ0v) is 23.0. The molecular weight excluding hydrogens is 514 g/mol. The van der Waals surface area contributed by atoms with E-state index >= 15 is 0 Å². The second-order valence-electron chi connectivity index (χ2n) is 8.94. The molecule has 0 spiro atoms. The predicted molar refractivity (Wildman–Crippen MR) is 134 cm³/mol. The van der Waals surface area contributed by atoms with Crippen LogP contribution < -0.4 is 9.74 Å². The Balaban J connectivity index is 2.92. The van der Waals surface area contributed by atoms with Crippen molar-refractivity contribution >= 4 is 56.8 Å². The highest BCUT2D eigenvalue weighted by molar-refractivity contribution is 9.08. The summed E-state index contributed by atoms with van der Waals surface area (Å²) >= 11 is 3.46. The Morgan fingerprint density at radius 2 is 1.75 bits per heavy atom. The van der Waals surface area contributed by atoms with Crippen LogP contribution in [0.25, 0.3) is 10.9 Å². The van der Waals surface area contributed by atoms with Gasteiger partial charge in [-0.2, -0.15) is 0 Å². The van der Waals surface area contributed by atoms with Crippen molar-refractivity contribution in [3.8, 4) is 5.75 Å². The number of fused-ring (bicyclic) bond motifs is 1. The van der Waals surface area contributed by atoms with Crippen molar-refractivity contribution in [1.29, 1.82) is 0 Å². The molecule has 2 rings (SSSR count). The third-order valence-corrected chi connectivity index (χ3v) is 13.0. The Kier molecular flexibility index (Phi) is 8.33. The molecule has 2 aromatic heterocycles. The van der Waals surface area contributed by atoms with E-state index in [9.17, 15) is 18.3 Å². The van der Waals surface area contributed by atoms with Crippen LogP contribution in [0.1, 0.15) is 57.6 Å². The van der Waals surface area contributed by atoms with Gasteiger partial charge >= 0.3 is 5.97 Å². The number of pyridine rings is 2. The molecule has 178 valence electrons. The molecule has 0 unspecified atom stereocenters. The minimum atomic E-state index is -3.37. The van der Waals surface area contributed by atoms with Crippen LogP contribution in [0.5, 0.6) is 5.75 Å². The van der Waals surface area contributed by atoms with Crippen molar-refractivity contribution in [2.75, 3.05) is 17.4 Å². The van der Waals surface area contributed by atoms with Crippen LogP contribution in [-0.4, -0.2) is 49.9 Å². The summed E-state index contributed by atoms with van der Waals surface area (Å²) in [5.41, 5.74) is 1.52. The van der Waals surface area contributed by atoms with E-state index in [-0.39, 0.29) is 39.8 Å². The van der Waals surface area contributed by atoms with Gasteiger partial charge in [0, 0.05) is 17.8 Å². The van der Waals surface area contributed by atoms with E-state index in [2.05, 4.69) is 72.8 Å². The van der Waals surface area contributed by atoms with Gasteiger partial charge in [0.05, 0.1) is 5.39 Å². The third kappa shape index (κ3) is 5.25. The topological polar surface area (TPSA) is 118 Å². The number of hydrogen-bond donors (Lipinski definition) is 2.